The first-order valence-corrected chi connectivity index (χ1v) is 10.6. The van der Waals surface area contributed by atoms with Gasteiger partial charge in [-0.05, 0) is 61.9 Å². The van der Waals surface area contributed by atoms with Crippen molar-refractivity contribution in [3.63, 3.8) is 0 Å². The number of piperidine rings is 1. The normalized spacial score (nSPS) is 20.3. The van der Waals surface area contributed by atoms with Crippen LogP contribution in [0.2, 0.25) is 0 Å². The third-order valence-corrected chi connectivity index (χ3v) is 6.43. The highest BCUT2D eigenvalue weighted by molar-refractivity contribution is 5.32. The van der Waals surface area contributed by atoms with Crippen molar-refractivity contribution in [1.82, 2.24) is 24.5 Å². The van der Waals surface area contributed by atoms with Crippen LogP contribution in [0.15, 0.2) is 36.7 Å². The van der Waals surface area contributed by atoms with Crippen LogP contribution >= 0.6 is 0 Å². The van der Waals surface area contributed by atoms with E-state index in [0.717, 1.165) is 31.6 Å². The number of likely N-dealkylation sites (tertiary alicyclic amines) is 1. The van der Waals surface area contributed by atoms with E-state index in [9.17, 15) is 4.39 Å². The Morgan fingerprint density at radius 2 is 1.90 bits per heavy atom. The standard InChI is InChI=1S/C23H30FN5/c1-15(2)17(4)22(18-7-9-20(24)10-8-18)28-11-5-6-19(13-28)21-12-16(3)27-23-25-14-26-29(21)23/h7-10,12,14-15,17,19,22H,5-6,11,13H2,1-4H3. The fourth-order valence-corrected chi connectivity index (χ4v) is 4.62. The van der Waals surface area contributed by atoms with E-state index < -0.39 is 0 Å². The van der Waals surface area contributed by atoms with Crippen molar-refractivity contribution in [3.8, 4) is 0 Å². The summed E-state index contributed by atoms with van der Waals surface area (Å²) in [5.74, 6) is 1.86. The van der Waals surface area contributed by atoms with Crippen LogP contribution in [0.25, 0.3) is 5.78 Å². The first-order chi connectivity index (χ1) is 13.9. The second-order valence-corrected chi connectivity index (χ2v) is 8.73. The van der Waals surface area contributed by atoms with E-state index in [4.69, 9.17) is 0 Å². The minimum absolute atomic E-state index is 0.179. The maximum atomic E-state index is 13.6. The number of aromatic nitrogens is 4. The predicted molar refractivity (Wildman–Crippen MR) is 112 cm³/mol. The third kappa shape index (κ3) is 4.04. The number of fused-ring (bicyclic) bond motifs is 1. The molecule has 2 aromatic heterocycles. The molecule has 0 radical (unpaired) electrons. The Bertz CT molecular complexity index is 965. The van der Waals surface area contributed by atoms with Gasteiger partial charge in [0.25, 0.3) is 5.78 Å². The summed E-state index contributed by atoms with van der Waals surface area (Å²) >= 11 is 0. The molecule has 29 heavy (non-hydrogen) atoms. The number of hydrogen-bond donors (Lipinski definition) is 0. The topological polar surface area (TPSA) is 46.3 Å². The summed E-state index contributed by atoms with van der Waals surface area (Å²) in [7, 11) is 0. The van der Waals surface area contributed by atoms with Crippen LogP contribution in [0.5, 0.6) is 0 Å². The molecule has 1 saturated heterocycles. The van der Waals surface area contributed by atoms with Crippen molar-refractivity contribution >= 4 is 5.78 Å². The van der Waals surface area contributed by atoms with Crippen molar-refractivity contribution in [1.29, 1.82) is 0 Å². The second kappa shape index (κ2) is 8.19. The van der Waals surface area contributed by atoms with Gasteiger partial charge in [-0.3, -0.25) is 4.90 Å². The van der Waals surface area contributed by atoms with Crippen molar-refractivity contribution in [2.45, 2.75) is 52.5 Å². The lowest BCUT2D eigenvalue weighted by molar-refractivity contribution is 0.0913. The van der Waals surface area contributed by atoms with Gasteiger partial charge >= 0.3 is 0 Å². The molecule has 0 spiro atoms. The molecule has 3 heterocycles. The van der Waals surface area contributed by atoms with E-state index in [2.05, 4.69) is 46.8 Å². The van der Waals surface area contributed by atoms with Gasteiger partial charge in [0.05, 0.1) is 5.69 Å². The van der Waals surface area contributed by atoms with Gasteiger partial charge in [0.1, 0.15) is 12.1 Å². The molecular weight excluding hydrogens is 365 g/mol. The van der Waals surface area contributed by atoms with Crippen LogP contribution in [0.4, 0.5) is 4.39 Å². The number of aryl methyl sites for hydroxylation is 1. The van der Waals surface area contributed by atoms with E-state index in [-0.39, 0.29) is 11.9 Å². The third-order valence-electron chi connectivity index (χ3n) is 6.43. The minimum Gasteiger partial charge on any atom is -0.295 e. The molecular formula is C23H30FN5. The molecule has 1 fully saturated rings. The molecule has 0 N–H and O–H groups in total. The molecule has 4 rings (SSSR count). The van der Waals surface area contributed by atoms with Gasteiger partial charge in [-0.1, -0.05) is 32.9 Å². The van der Waals surface area contributed by atoms with Gasteiger partial charge in [0.15, 0.2) is 0 Å². The van der Waals surface area contributed by atoms with Crippen molar-refractivity contribution in [3.05, 3.63) is 59.4 Å². The first-order valence-electron chi connectivity index (χ1n) is 10.6. The summed E-state index contributed by atoms with van der Waals surface area (Å²) in [5.41, 5.74) is 3.36. The van der Waals surface area contributed by atoms with E-state index in [1.807, 2.05) is 23.6 Å². The van der Waals surface area contributed by atoms with Crippen LogP contribution < -0.4 is 0 Å². The summed E-state index contributed by atoms with van der Waals surface area (Å²) in [6, 6.07) is 9.50. The monoisotopic (exact) mass is 395 g/mol. The Morgan fingerprint density at radius 1 is 1.14 bits per heavy atom. The summed E-state index contributed by atoms with van der Waals surface area (Å²) in [5, 5.41) is 4.42. The molecule has 0 amide bonds. The molecule has 1 aliphatic heterocycles. The number of rotatable bonds is 5. The van der Waals surface area contributed by atoms with Gasteiger partial charge in [0, 0.05) is 24.2 Å². The second-order valence-electron chi connectivity index (χ2n) is 8.73. The molecule has 6 heteroatoms. The van der Waals surface area contributed by atoms with Gasteiger partial charge in [-0.2, -0.15) is 10.1 Å². The average molecular weight is 396 g/mol. The van der Waals surface area contributed by atoms with E-state index in [1.165, 1.54) is 11.3 Å². The quantitative estimate of drug-likeness (QED) is 0.623. The van der Waals surface area contributed by atoms with E-state index in [1.54, 1.807) is 18.5 Å². The number of nitrogens with zero attached hydrogens (tertiary/aromatic N) is 5. The number of halogens is 1. The Kier molecular flexibility index (Phi) is 5.63. The molecule has 0 saturated carbocycles. The Balaban J connectivity index is 1.67. The summed E-state index contributed by atoms with van der Waals surface area (Å²) in [6.45, 7) is 10.9. The highest BCUT2D eigenvalue weighted by Crippen LogP contribution is 2.38. The molecule has 3 aromatic rings. The maximum absolute atomic E-state index is 13.6. The molecule has 3 atom stereocenters. The van der Waals surface area contributed by atoms with E-state index in [0.29, 0.717) is 23.5 Å². The zero-order valence-corrected chi connectivity index (χ0v) is 17.7. The Labute approximate surface area is 172 Å². The predicted octanol–water partition coefficient (Wildman–Crippen LogP) is 4.78. The fraction of sp³-hybridized carbons (Fsp3) is 0.522. The summed E-state index contributed by atoms with van der Waals surface area (Å²) < 4.78 is 15.4. The van der Waals surface area contributed by atoms with Gasteiger partial charge in [0.2, 0.25) is 0 Å². The van der Waals surface area contributed by atoms with Crippen LogP contribution in [0, 0.1) is 24.6 Å². The fourth-order valence-electron chi connectivity index (χ4n) is 4.62. The molecule has 5 nitrogen and oxygen atoms in total. The van der Waals surface area contributed by atoms with Gasteiger partial charge < -0.3 is 0 Å². The zero-order chi connectivity index (χ0) is 20.5. The van der Waals surface area contributed by atoms with Gasteiger partial charge in [-0.15, -0.1) is 0 Å². The summed E-state index contributed by atoms with van der Waals surface area (Å²) in [6.07, 6.45) is 3.83. The van der Waals surface area contributed by atoms with Crippen LogP contribution in [-0.2, 0) is 0 Å². The van der Waals surface area contributed by atoms with Crippen molar-refractivity contribution < 1.29 is 4.39 Å². The molecule has 0 aliphatic carbocycles. The van der Waals surface area contributed by atoms with Crippen LogP contribution in [-0.4, -0.2) is 37.6 Å². The Morgan fingerprint density at radius 3 is 2.62 bits per heavy atom. The lowest BCUT2D eigenvalue weighted by Gasteiger charge is -2.42. The van der Waals surface area contributed by atoms with E-state index >= 15 is 0 Å². The molecule has 1 aliphatic rings. The molecule has 1 aromatic carbocycles. The Hall–Kier alpha value is -2.34. The molecule has 154 valence electrons. The smallest absolute Gasteiger partial charge is 0.252 e. The van der Waals surface area contributed by atoms with Crippen molar-refractivity contribution in [2.75, 3.05) is 13.1 Å². The average Bonchev–Trinajstić information content (AvgIpc) is 3.17. The minimum atomic E-state index is -0.179. The number of benzene rings is 1. The summed E-state index contributed by atoms with van der Waals surface area (Å²) in [4.78, 5) is 11.4. The lowest BCUT2D eigenvalue weighted by Crippen LogP contribution is -2.41. The highest BCUT2D eigenvalue weighted by Gasteiger charge is 2.33. The largest absolute Gasteiger partial charge is 0.295 e. The maximum Gasteiger partial charge on any atom is 0.252 e. The number of hydrogen-bond acceptors (Lipinski definition) is 4. The molecule has 0 bridgehead atoms. The van der Waals surface area contributed by atoms with Crippen LogP contribution in [0.3, 0.4) is 0 Å². The van der Waals surface area contributed by atoms with Gasteiger partial charge in [-0.25, -0.2) is 13.9 Å². The lowest BCUT2D eigenvalue weighted by atomic mass is 9.82. The van der Waals surface area contributed by atoms with Crippen LogP contribution in [0.1, 0.15) is 62.5 Å². The SMILES string of the molecule is Cc1cc(C2CCCN(C(c3ccc(F)cc3)C(C)C(C)C)C2)n2ncnc2n1. The molecule has 3 unspecified atom stereocenters. The first kappa shape index (κ1) is 20.0. The zero-order valence-electron chi connectivity index (χ0n) is 17.7. The highest BCUT2D eigenvalue weighted by atomic mass is 19.1. The van der Waals surface area contributed by atoms with Crippen molar-refractivity contribution in [2.24, 2.45) is 11.8 Å².